The van der Waals surface area contributed by atoms with Gasteiger partial charge in [0.2, 0.25) is 0 Å². The lowest BCUT2D eigenvalue weighted by Gasteiger charge is -2.16. The molecule has 2 heterocycles. The number of ether oxygens (including phenoxy) is 1. The monoisotopic (exact) mass is 270 g/mol. The second-order valence-electron chi connectivity index (χ2n) is 4.90. The Bertz CT molecular complexity index is 332. The van der Waals surface area contributed by atoms with Crippen LogP contribution in [0.25, 0.3) is 0 Å². The standard InChI is InChI=1S/C13H22N2O2S/c1-15-5-4-11(8-15)14-7-12(16)9-17-10-13-3-2-6-18-13/h2-3,6,11-12,14,16H,4-5,7-10H2,1H3. The zero-order chi connectivity index (χ0) is 12.8. The average molecular weight is 270 g/mol. The van der Waals surface area contributed by atoms with Crippen molar-refractivity contribution in [1.82, 2.24) is 10.2 Å². The van der Waals surface area contributed by atoms with E-state index in [0.717, 1.165) is 13.1 Å². The predicted molar refractivity (Wildman–Crippen MR) is 73.9 cm³/mol. The van der Waals surface area contributed by atoms with Crippen LogP contribution in [0, 0.1) is 0 Å². The molecule has 0 aromatic carbocycles. The van der Waals surface area contributed by atoms with E-state index in [9.17, 15) is 5.11 Å². The van der Waals surface area contributed by atoms with Crippen molar-refractivity contribution in [3.63, 3.8) is 0 Å². The van der Waals surface area contributed by atoms with Gasteiger partial charge in [-0.2, -0.15) is 0 Å². The predicted octanol–water partition coefficient (Wildman–Crippen LogP) is 0.919. The number of hydrogen-bond donors (Lipinski definition) is 2. The first kappa shape index (κ1) is 14.0. The number of thiophene rings is 1. The number of likely N-dealkylation sites (N-methyl/N-ethyl adjacent to an activating group) is 1. The topological polar surface area (TPSA) is 44.7 Å². The SMILES string of the molecule is CN1CCC(NCC(O)COCc2cccs2)C1. The van der Waals surface area contributed by atoms with Gasteiger partial charge in [0.15, 0.2) is 0 Å². The molecule has 2 atom stereocenters. The van der Waals surface area contributed by atoms with Crippen molar-refractivity contribution in [2.75, 3.05) is 33.3 Å². The number of likely N-dealkylation sites (tertiary alicyclic amines) is 1. The van der Waals surface area contributed by atoms with Crippen molar-refractivity contribution in [1.29, 1.82) is 0 Å². The lowest BCUT2D eigenvalue weighted by atomic mass is 10.2. The number of nitrogens with one attached hydrogen (secondary N) is 1. The number of rotatable bonds is 7. The molecule has 5 heteroatoms. The summed E-state index contributed by atoms with van der Waals surface area (Å²) in [5.41, 5.74) is 0. The van der Waals surface area contributed by atoms with Gasteiger partial charge in [0.1, 0.15) is 0 Å². The van der Waals surface area contributed by atoms with E-state index in [2.05, 4.69) is 17.3 Å². The Hall–Kier alpha value is -0.460. The maximum Gasteiger partial charge on any atom is 0.0897 e. The fourth-order valence-corrected chi connectivity index (χ4v) is 2.79. The Balaban J connectivity index is 1.53. The first-order chi connectivity index (χ1) is 8.74. The Morgan fingerprint density at radius 1 is 1.67 bits per heavy atom. The molecular formula is C13H22N2O2S. The summed E-state index contributed by atoms with van der Waals surface area (Å²) in [6.07, 6.45) is 0.745. The van der Waals surface area contributed by atoms with Crippen molar-refractivity contribution in [3.8, 4) is 0 Å². The van der Waals surface area contributed by atoms with Gasteiger partial charge in [-0.3, -0.25) is 0 Å². The third kappa shape index (κ3) is 4.66. The molecular weight excluding hydrogens is 248 g/mol. The molecule has 2 rings (SSSR count). The molecule has 1 aliphatic rings. The van der Waals surface area contributed by atoms with E-state index in [1.165, 1.54) is 11.3 Å². The van der Waals surface area contributed by atoms with E-state index in [4.69, 9.17) is 4.74 Å². The van der Waals surface area contributed by atoms with Crippen molar-refractivity contribution in [3.05, 3.63) is 22.4 Å². The van der Waals surface area contributed by atoms with E-state index in [1.54, 1.807) is 11.3 Å². The molecule has 1 saturated heterocycles. The highest BCUT2D eigenvalue weighted by Gasteiger charge is 2.19. The quantitative estimate of drug-likeness (QED) is 0.773. The van der Waals surface area contributed by atoms with Crippen LogP contribution in [0.4, 0.5) is 0 Å². The number of hydrogen-bond acceptors (Lipinski definition) is 5. The van der Waals surface area contributed by atoms with Crippen LogP contribution >= 0.6 is 11.3 Å². The lowest BCUT2D eigenvalue weighted by Crippen LogP contribution is -2.38. The fourth-order valence-electron chi connectivity index (χ4n) is 2.15. The van der Waals surface area contributed by atoms with Crippen LogP contribution in [0.3, 0.4) is 0 Å². The smallest absolute Gasteiger partial charge is 0.0897 e. The van der Waals surface area contributed by atoms with E-state index in [1.807, 2.05) is 17.5 Å². The van der Waals surface area contributed by atoms with Crippen LogP contribution in [0.2, 0.25) is 0 Å². The van der Waals surface area contributed by atoms with Crippen molar-refractivity contribution < 1.29 is 9.84 Å². The molecule has 0 spiro atoms. The first-order valence-corrected chi connectivity index (χ1v) is 7.32. The zero-order valence-electron chi connectivity index (χ0n) is 10.8. The molecule has 1 fully saturated rings. The molecule has 0 saturated carbocycles. The fraction of sp³-hybridized carbons (Fsp3) is 0.692. The molecule has 2 N–H and O–H groups in total. The van der Waals surface area contributed by atoms with Crippen LogP contribution in [-0.4, -0.2) is 55.4 Å². The Kier molecular flexibility index (Phi) is 5.59. The minimum absolute atomic E-state index is 0.396. The van der Waals surface area contributed by atoms with Gasteiger partial charge in [-0.05, 0) is 31.5 Å². The summed E-state index contributed by atoms with van der Waals surface area (Å²) >= 11 is 1.68. The molecule has 18 heavy (non-hydrogen) atoms. The second-order valence-corrected chi connectivity index (χ2v) is 5.94. The third-order valence-corrected chi connectivity index (χ3v) is 4.02. The number of nitrogens with zero attached hydrogens (tertiary/aromatic N) is 1. The minimum atomic E-state index is -0.420. The summed E-state index contributed by atoms with van der Waals surface area (Å²) in [7, 11) is 2.13. The van der Waals surface area contributed by atoms with Crippen LogP contribution < -0.4 is 5.32 Å². The largest absolute Gasteiger partial charge is 0.389 e. The summed E-state index contributed by atoms with van der Waals surface area (Å²) in [5, 5.41) is 15.2. The maximum absolute atomic E-state index is 9.81. The highest BCUT2D eigenvalue weighted by atomic mass is 32.1. The van der Waals surface area contributed by atoms with Gasteiger partial charge >= 0.3 is 0 Å². The average Bonchev–Trinajstić information content (AvgIpc) is 2.98. The van der Waals surface area contributed by atoms with Crippen molar-refractivity contribution >= 4 is 11.3 Å². The van der Waals surface area contributed by atoms with Gasteiger partial charge in [-0.15, -0.1) is 11.3 Å². The van der Waals surface area contributed by atoms with Crippen LogP contribution in [0.1, 0.15) is 11.3 Å². The van der Waals surface area contributed by atoms with Gasteiger partial charge in [-0.25, -0.2) is 0 Å². The molecule has 0 radical (unpaired) electrons. The molecule has 102 valence electrons. The maximum atomic E-state index is 9.81. The van der Waals surface area contributed by atoms with E-state index in [0.29, 0.717) is 25.8 Å². The van der Waals surface area contributed by atoms with Crippen LogP contribution in [0.15, 0.2) is 17.5 Å². The summed E-state index contributed by atoms with van der Waals surface area (Å²) < 4.78 is 5.49. The summed E-state index contributed by atoms with van der Waals surface area (Å²) in [5.74, 6) is 0. The van der Waals surface area contributed by atoms with Gasteiger partial charge in [0.25, 0.3) is 0 Å². The van der Waals surface area contributed by atoms with E-state index >= 15 is 0 Å². The second kappa shape index (κ2) is 7.21. The molecule has 0 aliphatic carbocycles. The van der Waals surface area contributed by atoms with E-state index in [-0.39, 0.29) is 0 Å². The van der Waals surface area contributed by atoms with Gasteiger partial charge in [0.05, 0.1) is 19.3 Å². The highest BCUT2D eigenvalue weighted by Crippen LogP contribution is 2.10. The number of aliphatic hydroxyl groups excluding tert-OH is 1. The molecule has 0 bridgehead atoms. The Labute approximate surface area is 113 Å². The lowest BCUT2D eigenvalue weighted by molar-refractivity contribution is 0.0287. The van der Waals surface area contributed by atoms with E-state index < -0.39 is 6.10 Å². The van der Waals surface area contributed by atoms with Gasteiger partial charge in [0, 0.05) is 24.0 Å². The Morgan fingerprint density at radius 3 is 3.22 bits per heavy atom. The molecule has 0 amide bonds. The molecule has 1 aliphatic heterocycles. The minimum Gasteiger partial charge on any atom is -0.389 e. The Morgan fingerprint density at radius 2 is 2.56 bits per heavy atom. The molecule has 1 aromatic heterocycles. The van der Waals surface area contributed by atoms with Gasteiger partial charge < -0.3 is 20.1 Å². The number of aliphatic hydroxyl groups is 1. The van der Waals surface area contributed by atoms with Crippen molar-refractivity contribution in [2.45, 2.75) is 25.2 Å². The summed E-state index contributed by atoms with van der Waals surface area (Å²) in [6, 6.07) is 4.57. The van der Waals surface area contributed by atoms with Gasteiger partial charge in [-0.1, -0.05) is 6.07 Å². The molecule has 1 aromatic rings. The first-order valence-electron chi connectivity index (χ1n) is 6.44. The summed E-state index contributed by atoms with van der Waals surface area (Å²) in [6.45, 7) is 3.82. The van der Waals surface area contributed by atoms with Crippen molar-refractivity contribution in [2.24, 2.45) is 0 Å². The van der Waals surface area contributed by atoms with Crippen LogP contribution in [-0.2, 0) is 11.3 Å². The normalized spacial score (nSPS) is 22.4. The molecule has 2 unspecified atom stereocenters. The van der Waals surface area contributed by atoms with Crippen LogP contribution in [0.5, 0.6) is 0 Å². The highest BCUT2D eigenvalue weighted by molar-refractivity contribution is 7.09. The summed E-state index contributed by atoms with van der Waals surface area (Å²) in [4.78, 5) is 3.50. The zero-order valence-corrected chi connectivity index (χ0v) is 11.7. The third-order valence-electron chi connectivity index (χ3n) is 3.17. The molecule has 4 nitrogen and oxygen atoms in total.